The van der Waals surface area contributed by atoms with Gasteiger partial charge in [-0.05, 0) is 65.6 Å². The number of rotatable bonds is 7. The molecule has 0 aliphatic heterocycles. The molecule has 0 amide bonds. The van der Waals surface area contributed by atoms with Gasteiger partial charge in [0, 0.05) is 20.8 Å². The van der Waals surface area contributed by atoms with E-state index in [2.05, 4.69) is 53.5 Å². The van der Waals surface area contributed by atoms with Gasteiger partial charge in [-0.15, -0.1) is 11.3 Å². The van der Waals surface area contributed by atoms with E-state index >= 15 is 0 Å². The first-order valence-electron chi connectivity index (χ1n) is 8.54. The third-order valence-corrected chi connectivity index (χ3v) is 6.54. The zero-order chi connectivity index (χ0) is 15.2. The van der Waals surface area contributed by atoms with Crippen molar-refractivity contribution in [3.05, 3.63) is 20.8 Å². The maximum Gasteiger partial charge on any atom is 0.0285 e. The minimum atomic E-state index is 0.606. The molecule has 3 atom stereocenters. The predicted octanol–water partition coefficient (Wildman–Crippen LogP) is 5.88. The second-order valence-electron chi connectivity index (χ2n) is 6.99. The molecule has 0 aromatic carbocycles. The maximum absolute atomic E-state index is 3.68. The molecule has 1 aliphatic carbocycles. The molecule has 0 saturated heterocycles. The Kier molecular flexibility index (Phi) is 7.24. The highest BCUT2D eigenvalue weighted by Gasteiger charge is 2.30. The molecule has 1 N–H and O–H groups in total. The van der Waals surface area contributed by atoms with Crippen molar-refractivity contribution in [1.29, 1.82) is 0 Å². The quantitative estimate of drug-likeness (QED) is 0.630. The molecule has 21 heavy (non-hydrogen) atoms. The van der Waals surface area contributed by atoms with E-state index in [0.717, 1.165) is 17.8 Å². The lowest BCUT2D eigenvalue weighted by Gasteiger charge is -2.37. The Hall–Kier alpha value is 0.140. The molecular weight excluding hydrogens is 342 g/mol. The van der Waals surface area contributed by atoms with Crippen LogP contribution in [0, 0.1) is 17.8 Å². The van der Waals surface area contributed by atoms with Gasteiger partial charge in [0.05, 0.1) is 0 Å². The van der Waals surface area contributed by atoms with Crippen LogP contribution in [0.15, 0.2) is 15.9 Å². The van der Waals surface area contributed by atoms with Crippen molar-refractivity contribution in [3.8, 4) is 0 Å². The molecule has 0 bridgehead atoms. The first kappa shape index (κ1) is 17.5. The number of thiophene rings is 1. The Bertz CT molecular complexity index is 415. The Labute approximate surface area is 143 Å². The van der Waals surface area contributed by atoms with Gasteiger partial charge in [-0.25, -0.2) is 0 Å². The van der Waals surface area contributed by atoms with Crippen LogP contribution in [-0.4, -0.2) is 12.6 Å². The summed E-state index contributed by atoms with van der Waals surface area (Å²) >= 11 is 5.51. The fourth-order valence-corrected chi connectivity index (χ4v) is 5.26. The van der Waals surface area contributed by atoms with Gasteiger partial charge in [-0.2, -0.15) is 0 Å². The van der Waals surface area contributed by atoms with Gasteiger partial charge in [0.15, 0.2) is 0 Å². The molecule has 1 aromatic heterocycles. The van der Waals surface area contributed by atoms with Crippen LogP contribution in [-0.2, 0) is 6.42 Å². The summed E-state index contributed by atoms with van der Waals surface area (Å²) in [7, 11) is 0. The van der Waals surface area contributed by atoms with E-state index in [-0.39, 0.29) is 0 Å². The van der Waals surface area contributed by atoms with Crippen LogP contribution in [0.1, 0.15) is 57.8 Å². The summed E-state index contributed by atoms with van der Waals surface area (Å²) in [5, 5.41) is 5.90. The molecule has 3 unspecified atom stereocenters. The summed E-state index contributed by atoms with van der Waals surface area (Å²) in [5.41, 5.74) is 0. The average Bonchev–Trinajstić information content (AvgIpc) is 2.83. The Morgan fingerprint density at radius 3 is 2.76 bits per heavy atom. The van der Waals surface area contributed by atoms with Gasteiger partial charge in [-0.1, -0.05) is 40.0 Å². The van der Waals surface area contributed by atoms with Crippen LogP contribution in [0.2, 0.25) is 0 Å². The van der Waals surface area contributed by atoms with E-state index < -0.39 is 0 Å². The van der Waals surface area contributed by atoms with Gasteiger partial charge < -0.3 is 5.32 Å². The minimum Gasteiger partial charge on any atom is -0.314 e. The molecule has 1 aliphatic rings. The van der Waals surface area contributed by atoms with Crippen LogP contribution >= 0.6 is 27.3 Å². The summed E-state index contributed by atoms with van der Waals surface area (Å²) < 4.78 is 1.25. The lowest BCUT2D eigenvalue weighted by Crippen LogP contribution is -2.36. The number of hydrogen-bond donors (Lipinski definition) is 1. The third kappa shape index (κ3) is 5.69. The van der Waals surface area contributed by atoms with Gasteiger partial charge in [-0.3, -0.25) is 0 Å². The largest absolute Gasteiger partial charge is 0.314 e. The summed E-state index contributed by atoms with van der Waals surface area (Å²) in [6.07, 6.45) is 8.35. The van der Waals surface area contributed by atoms with Crippen LogP contribution in [0.5, 0.6) is 0 Å². The van der Waals surface area contributed by atoms with Crippen molar-refractivity contribution in [2.24, 2.45) is 17.8 Å². The highest BCUT2D eigenvalue weighted by atomic mass is 79.9. The second kappa shape index (κ2) is 8.69. The molecule has 3 heteroatoms. The first-order chi connectivity index (χ1) is 10.1. The Balaban J connectivity index is 1.97. The van der Waals surface area contributed by atoms with Crippen LogP contribution in [0.4, 0.5) is 0 Å². The van der Waals surface area contributed by atoms with E-state index in [4.69, 9.17) is 0 Å². The fourth-order valence-electron chi connectivity index (χ4n) is 3.72. The van der Waals surface area contributed by atoms with Crippen molar-refractivity contribution < 1.29 is 0 Å². The molecule has 0 spiro atoms. The summed E-state index contributed by atoms with van der Waals surface area (Å²) in [6.45, 7) is 8.05. The fraction of sp³-hybridized carbons (Fsp3) is 0.778. The van der Waals surface area contributed by atoms with E-state index in [1.54, 1.807) is 4.88 Å². The van der Waals surface area contributed by atoms with Crippen LogP contribution in [0.3, 0.4) is 0 Å². The average molecular weight is 372 g/mol. The number of halogens is 1. The van der Waals surface area contributed by atoms with Gasteiger partial charge in [0.25, 0.3) is 0 Å². The highest BCUT2D eigenvalue weighted by Crippen LogP contribution is 2.38. The van der Waals surface area contributed by atoms with Gasteiger partial charge in [0.1, 0.15) is 0 Å². The molecule has 1 fully saturated rings. The zero-order valence-corrected chi connectivity index (χ0v) is 16.1. The van der Waals surface area contributed by atoms with Gasteiger partial charge in [0.2, 0.25) is 0 Å². The van der Waals surface area contributed by atoms with Crippen molar-refractivity contribution in [3.63, 3.8) is 0 Å². The van der Waals surface area contributed by atoms with Gasteiger partial charge >= 0.3 is 0 Å². The summed E-state index contributed by atoms with van der Waals surface area (Å²) in [5.74, 6) is 2.70. The monoisotopic (exact) mass is 371 g/mol. The summed E-state index contributed by atoms with van der Waals surface area (Å²) in [6, 6.07) is 2.93. The first-order valence-corrected chi connectivity index (χ1v) is 10.2. The lowest BCUT2D eigenvalue weighted by atomic mass is 9.71. The smallest absolute Gasteiger partial charge is 0.0285 e. The SMILES string of the molecule is CCCC1CCC(CNC(C)C)C(Cc2cc(Br)cs2)C1. The Morgan fingerprint density at radius 2 is 2.14 bits per heavy atom. The maximum atomic E-state index is 3.68. The normalized spacial score (nSPS) is 26.4. The van der Waals surface area contributed by atoms with E-state index in [1.807, 2.05) is 11.3 Å². The Morgan fingerprint density at radius 1 is 1.33 bits per heavy atom. The highest BCUT2D eigenvalue weighted by molar-refractivity contribution is 9.10. The van der Waals surface area contributed by atoms with E-state index in [1.165, 1.54) is 49.5 Å². The van der Waals surface area contributed by atoms with E-state index in [0.29, 0.717) is 6.04 Å². The van der Waals surface area contributed by atoms with Crippen molar-refractivity contribution in [1.82, 2.24) is 5.32 Å². The van der Waals surface area contributed by atoms with Crippen molar-refractivity contribution >= 4 is 27.3 Å². The second-order valence-corrected chi connectivity index (χ2v) is 8.90. The van der Waals surface area contributed by atoms with E-state index in [9.17, 15) is 0 Å². The standard InChI is InChI=1S/C18H30BrNS/c1-4-5-14-6-7-15(11-20-13(2)3)16(8-14)9-18-10-17(19)12-21-18/h10,12-16,20H,4-9,11H2,1-3H3. The predicted molar refractivity (Wildman–Crippen MR) is 98.1 cm³/mol. The zero-order valence-electron chi connectivity index (χ0n) is 13.7. The minimum absolute atomic E-state index is 0.606. The van der Waals surface area contributed by atoms with Crippen molar-refractivity contribution in [2.75, 3.05) is 6.54 Å². The molecule has 1 saturated carbocycles. The molecule has 1 heterocycles. The van der Waals surface area contributed by atoms with Crippen molar-refractivity contribution in [2.45, 2.75) is 65.3 Å². The number of nitrogens with one attached hydrogen (secondary N) is 1. The lowest BCUT2D eigenvalue weighted by molar-refractivity contribution is 0.166. The molecule has 1 nitrogen and oxygen atoms in total. The molecular formula is C18H30BrNS. The molecule has 2 rings (SSSR count). The number of hydrogen-bond acceptors (Lipinski definition) is 2. The molecule has 1 aromatic rings. The topological polar surface area (TPSA) is 12.0 Å². The molecule has 120 valence electrons. The van der Waals surface area contributed by atoms with Crippen LogP contribution < -0.4 is 5.32 Å². The third-order valence-electron chi connectivity index (χ3n) is 4.82. The van der Waals surface area contributed by atoms with Crippen LogP contribution in [0.25, 0.3) is 0 Å². The summed E-state index contributed by atoms with van der Waals surface area (Å²) in [4.78, 5) is 1.55. The molecule has 0 radical (unpaired) electrons.